The number of rotatable bonds is 6. The zero-order valence-electron chi connectivity index (χ0n) is 11.1. The minimum absolute atomic E-state index is 0.000231. The van der Waals surface area contributed by atoms with Crippen LogP contribution in [0.2, 0.25) is 0 Å². The highest BCUT2D eigenvalue weighted by Crippen LogP contribution is 2.22. The molecule has 16 heavy (non-hydrogen) atoms. The molecule has 3 nitrogen and oxygen atoms in total. The van der Waals surface area contributed by atoms with Gasteiger partial charge >= 0.3 is 0 Å². The molecule has 0 aromatic rings. The maximum absolute atomic E-state index is 11.5. The first-order valence-corrected chi connectivity index (χ1v) is 6.84. The fourth-order valence-electron chi connectivity index (χ4n) is 1.10. The van der Waals surface area contributed by atoms with E-state index in [0.29, 0.717) is 25.1 Å². The van der Waals surface area contributed by atoms with E-state index in [1.54, 1.807) is 11.8 Å². The van der Waals surface area contributed by atoms with Crippen molar-refractivity contribution in [1.82, 2.24) is 5.32 Å². The molecule has 0 heterocycles. The van der Waals surface area contributed by atoms with Crippen molar-refractivity contribution < 1.29 is 9.90 Å². The van der Waals surface area contributed by atoms with Crippen LogP contribution in [-0.2, 0) is 4.79 Å². The summed E-state index contributed by atoms with van der Waals surface area (Å²) in [7, 11) is 0. The minimum atomic E-state index is -0.748. The van der Waals surface area contributed by atoms with Crippen molar-refractivity contribution in [1.29, 1.82) is 0 Å². The van der Waals surface area contributed by atoms with Gasteiger partial charge in [-0.05, 0) is 12.8 Å². The largest absolute Gasteiger partial charge is 0.388 e. The highest BCUT2D eigenvalue weighted by atomic mass is 32.2. The van der Waals surface area contributed by atoms with Gasteiger partial charge < -0.3 is 10.4 Å². The van der Waals surface area contributed by atoms with Gasteiger partial charge in [-0.25, -0.2) is 0 Å². The summed E-state index contributed by atoms with van der Waals surface area (Å²) >= 11 is 1.61. The van der Waals surface area contributed by atoms with Crippen molar-refractivity contribution >= 4 is 17.7 Å². The summed E-state index contributed by atoms with van der Waals surface area (Å²) in [6, 6.07) is 0. The van der Waals surface area contributed by atoms with Crippen molar-refractivity contribution in [2.75, 3.05) is 12.3 Å². The van der Waals surface area contributed by atoms with Gasteiger partial charge in [0, 0.05) is 11.3 Å². The standard InChI is InChI=1S/C12H25NO2S/c1-6-12(15,7-2)9-13-10(14)8-16-11(3,4)5/h15H,6-9H2,1-5H3,(H,13,14). The van der Waals surface area contributed by atoms with E-state index >= 15 is 0 Å². The van der Waals surface area contributed by atoms with E-state index in [0.717, 1.165) is 0 Å². The lowest BCUT2D eigenvalue weighted by atomic mass is 9.98. The number of amides is 1. The van der Waals surface area contributed by atoms with Crippen molar-refractivity contribution in [3.05, 3.63) is 0 Å². The second-order valence-electron chi connectivity index (χ2n) is 5.11. The molecule has 0 unspecified atom stereocenters. The fourth-order valence-corrected chi connectivity index (χ4v) is 1.76. The molecule has 0 aliphatic carbocycles. The Kier molecular flexibility index (Phi) is 6.41. The Morgan fingerprint density at radius 2 is 1.75 bits per heavy atom. The predicted octanol–water partition coefficient (Wildman–Crippen LogP) is 2.19. The summed E-state index contributed by atoms with van der Waals surface area (Å²) in [5.74, 6) is 0.452. The van der Waals surface area contributed by atoms with Crippen molar-refractivity contribution in [2.45, 2.75) is 57.8 Å². The summed E-state index contributed by atoms with van der Waals surface area (Å²) in [4.78, 5) is 11.5. The normalized spacial score (nSPS) is 12.6. The maximum Gasteiger partial charge on any atom is 0.230 e. The van der Waals surface area contributed by atoms with Gasteiger partial charge in [0.05, 0.1) is 11.4 Å². The van der Waals surface area contributed by atoms with Crippen LogP contribution in [0, 0.1) is 0 Å². The number of hydrogen-bond donors (Lipinski definition) is 2. The number of aliphatic hydroxyl groups is 1. The van der Waals surface area contributed by atoms with E-state index in [1.807, 2.05) is 13.8 Å². The quantitative estimate of drug-likeness (QED) is 0.756. The fraction of sp³-hybridized carbons (Fsp3) is 0.917. The number of hydrogen-bond acceptors (Lipinski definition) is 3. The molecule has 96 valence electrons. The van der Waals surface area contributed by atoms with Gasteiger partial charge in [0.25, 0.3) is 0 Å². The number of carbonyl (C=O) groups is 1. The number of thioether (sulfide) groups is 1. The maximum atomic E-state index is 11.5. The van der Waals surface area contributed by atoms with E-state index in [2.05, 4.69) is 26.1 Å². The van der Waals surface area contributed by atoms with Gasteiger partial charge in [-0.2, -0.15) is 0 Å². The van der Waals surface area contributed by atoms with Crippen LogP contribution in [0.1, 0.15) is 47.5 Å². The number of nitrogens with one attached hydrogen (secondary N) is 1. The Labute approximate surface area is 103 Å². The Balaban J connectivity index is 3.90. The molecule has 0 aromatic heterocycles. The summed E-state index contributed by atoms with van der Waals surface area (Å²) in [6.07, 6.45) is 1.33. The molecular weight excluding hydrogens is 222 g/mol. The second kappa shape index (κ2) is 6.50. The van der Waals surface area contributed by atoms with E-state index in [4.69, 9.17) is 0 Å². The molecule has 0 aliphatic rings. The monoisotopic (exact) mass is 247 g/mol. The minimum Gasteiger partial charge on any atom is -0.388 e. The van der Waals surface area contributed by atoms with Crippen LogP contribution >= 0.6 is 11.8 Å². The topological polar surface area (TPSA) is 49.3 Å². The van der Waals surface area contributed by atoms with Crippen LogP contribution in [0.15, 0.2) is 0 Å². The molecule has 1 amide bonds. The van der Waals surface area contributed by atoms with Gasteiger partial charge in [-0.15, -0.1) is 11.8 Å². The lowest BCUT2D eigenvalue weighted by molar-refractivity contribution is -0.119. The van der Waals surface area contributed by atoms with Crippen molar-refractivity contribution in [3.8, 4) is 0 Å². The lowest BCUT2D eigenvalue weighted by Crippen LogP contribution is -2.42. The third-order valence-corrected chi connectivity index (χ3v) is 3.84. The first-order valence-electron chi connectivity index (χ1n) is 5.85. The van der Waals surface area contributed by atoms with Crippen LogP contribution in [0.3, 0.4) is 0 Å². The molecule has 0 saturated heterocycles. The summed E-state index contributed by atoms with van der Waals surface area (Å²) in [6.45, 7) is 10.5. The van der Waals surface area contributed by atoms with Crippen molar-refractivity contribution in [3.63, 3.8) is 0 Å². The molecule has 0 bridgehead atoms. The third-order valence-electron chi connectivity index (χ3n) is 2.57. The van der Waals surface area contributed by atoms with E-state index in [1.165, 1.54) is 0 Å². The predicted molar refractivity (Wildman–Crippen MR) is 70.8 cm³/mol. The van der Waals surface area contributed by atoms with Crippen molar-refractivity contribution in [2.24, 2.45) is 0 Å². The van der Waals surface area contributed by atoms with Crippen LogP contribution in [0.5, 0.6) is 0 Å². The molecule has 0 fully saturated rings. The van der Waals surface area contributed by atoms with Gasteiger partial charge in [0.1, 0.15) is 0 Å². The van der Waals surface area contributed by atoms with E-state index in [9.17, 15) is 9.90 Å². The molecule has 0 radical (unpaired) electrons. The smallest absolute Gasteiger partial charge is 0.230 e. The second-order valence-corrected chi connectivity index (χ2v) is 6.91. The molecule has 2 N–H and O–H groups in total. The van der Waals surface area contributed by atoms with Gasteiger partial charge in [0.2, 0.25) is 5.91 Å². The summed E-state index contributed by atoms with van der Waals surface area (Å²) in [5.41, 5.74) is -0.748. The molecule has 0 aliphatic heterocycles. The molecule has 0 saturated carbocycles. The van der Waals surface area contributed by atoms with Crippen LogP contribution in [-0.4, -0.2) is 33.7 Å². The lowest BCUT2D eigenvalue weighted by Gasteiger charge is -2.25. The molecule has 4 heteroatoms. The van der Waals surface area contributed by atoms with Crippen LogP contribution in [0.25, 0.3) is 0 Å². The van der Waals surface area contributed by atoms with Crippen LogP contribution in [0.4, 0.5) is 0 Å². The molecular formula is C12H25NO2S. The Morgan fingerprint density at radius 3 is 2.12 bits per heavy atom. The van der Waals surface area contributed by atoms with Gasteiger partial charge in [-0.1, -0.05) is 34.6 Å². The average molecular weight is 247 g/mol. The van der Waals surface area contributed by atoms with Crippen LogP contribution < -0.4 is 5.32 Å². The Bertz CT molecular complexity index is 220. The average Bonchev–Trinajstić information content (AvgIpc) is 2.22. The summed E-state index contributed by atoms with van der Waals surface area (Å²) in [5, 5.41) is 12.8. The Morgan fingerprint density at radius 1 is 1.25 bits per heavy atom. The van der Waals surface area contributed by atoms with E-state index in [-0.39, 0.29) is 10.7 Å². The first kappa shape index (κ1) is 15.8. The molecule has 0 spiro atoms. The third kappa shape index (κ3) is 7.12. The Hall–Kier alpha value is -0.220. The highest BCUT2D eigenvalue weighted by Gasteiger charge is 2.23. The zero-order valence-corrected chi connectivity index (χ0v) is 11.9. The first-order chi connectivity index (χ1) is 7.22. The SMILES string of the molecule is CCC(O)(CC)CNC(=O)CSC(C)(C)C. The zero-order chi connectivity index (χ0) is 12.8. The van der Waals surface area contributed by atoms with Gasteiger partial charge in [-0.3, -0.25) is 4.79 Å². The molecule has 0 aromatic carbocycles. The molecule has 0 atom stereocenters. The number of carbonyl (C=O) groups excluding carboxylic acids is 1. The summed E-state index contributed by atoms with van der Waals surface area (Å²) < 4.78 is 0.100. The van der Waals surface area contributed by atoms with E-state index < -0.39 is 5.60 Å². The highest BCUT2D eigenvalue weighted by molar-refractivity contribution is 8.01. The molecule has 0 rings (SSSR count). The van der Waals surface area contributed by atoms with Gasteiger partial charge in [0.15, 0.2) is 0 Å².